The quantitative estimate of drug-likeness (QED) is 0.841. The van der Waals surface area contributed by atoms with Crippen LogP contribution in [0.15, 0.2) is 41.3 Å². The average molecular weight is 275 g/mol. The first kappa shape index (κ1) is 13.2. The Balaban J connectivity index is 2.37. The Morgan fingerprint density at radius 1 is 1.47 bits per heavy atom. The van der Waals surface area contributed by atoms with E-state index in [1.807, 2.05) is 12.1 Å². The molecule has 5 nitrogen and oxygen atoms in total. The smallest absolute Gasteiger partial charge is 0.267 e. The van der Waals surface area contributed by atoms with Crippen LogP contribution in [0.5, 0.6) is 5.75 Å². The van der Waals surface area contributed by atoms with E-state index in [9.17, 15) is 4.79 Å². The van der Waals surface area contributed by atoms with E-state index < -0.39 is 0 Å². The highest BCUT2D eigenvalue weighted by Gasteiger charge is 2.08. The summed E-state index contributed by atoms with van der Waals surface area (Å²) in [5.74, 6) is 0.615. The second kappa shape index (κ2) is 5.62. The van der Waals surface area contributed by atoms with Gasteiger partial charge in [0.25, 0.3) is 5.56 Å². The number of rotatable bonds is 4. The molecule has 0 atom stereocenters. The first-order chi connectivity index (χ1) is 9.11. The molecule has 2 rings (SSSR count). The number of benzene rings is 1. The van der Waals surface area contributed by atoms with Crippen molar-refractivity contribution in [3.63, 3.8) is 0 Å². The summed E-state index contributed by atoms with van der Waals surface area (Å²) < 4.78 is 6.55. The van der Waals surface area contributed by atoms with Crippen molar-refractivity contribution >= 4 is 17.2 Å². The first-order valence-electron chi connectivity index (χ1n) is 5.60. The van der Waals surface area contributed by atoms with E-state index in [2.05, 4.69) is 5.10 Å². The standard InChI is InChI=1S/C13H13N3O2S/c1-18-11-5-4-9(7-10(11)13(14)19)8-16-12(17)3-2-6-15-16/h2-7H,8H2,1H3,(H2,14,19). The van der Waals surface area contributed by atoms with Gasteiger partial charge in [-0.05, 0) is 23.8 Å². The summed E-state index contributed by atoms with van der Waals surface area (Å²) in [6.07, 6.45) is 1.57. The highest BCUT2D eigenvalue weighted by atomic mass is 32.1. The molecular formula is C13H13N3O2S. The van der Waals surface area contributed by atoms with Crippen LogP contribution in [-0.2, 0) is 6.54 Å². The average Bonchev–Trinajstić information content (AvgIpc) is 2.41. The van der Waals surface area contributed by atoms with Gasteiger partial charge in [0.15, 0.2) is 0 Å². The fourth-order valence-electron chi connectivity index (χ4n) is 1.72. The molecular weight excluding hydrogens is 262 g/mol. The second-order valence-electron chi connectivity index (χ2n) is 3.92. The van der Waals surface area contributed by atoms with E-state index in [0.717, 1.165) is 5.56 Å². The lowest BCUT2D eigenvalue weighted by Crippen LogP contribution is -2.22. The van der Waals surface area contributed by atoms with Crippen LogP contribution in [0.3, 0.4) is 0 Å². The Kier molecular flexibility index (Phi) is 3.91. The fourth-order valence-corrected chi connectivity index (χ4v) is 1.88. The zero-order valence-corrected chi connectivity index (χ0v) is 11.2. The first-order valence-corrected chi connectivity index (χ1v) is 6.01. The second-order valence-corrected chi connectivity index (χ2v) is 4.36. The molecule has 0 aliphatic rings. The molecule has 0 amide bonds. The van der Waals surface area contributed by atoms with Gasteiger partial charge in [-0.15, -0.1) is 0 Å². The summed E-state index contributed by atoms with van der Waals surface area (Å²) in [7, 11) is 1.56. The van der Waals surface area contributed by atoms with E-state index in [-0.39, 0.29) is 10.5 Å². The number of methoxy groups -OCH3 is 1. The lowest BCUT2D eigenvalue weighted by molar-refractivity contribution is 0.413. The van der Waals surface area contributed by atoms with Gasteiger partial charge in [0, 0.05) is 12.3 Å². The molecule has 0 saturated carbocycles. The van der Waals surface area contributed by atoms with Crippen molar-refractivity contribution in [1.82, 2.24) is 9.78 Å². The van der Waals surface area contributed by atoms with Crippen LogP contribution in [0, 0.1) is 0 Å². The third kappa shape index (κ3) is 2.97. The molecule has 1 heterocycles. The number of thiocarbonyl (C=S) groups is 1. The van der Waals surface area contributed by atoms with Gasteiger partial charge in [-0.25, -0.2) is 4.68 Å². The Bertz CT molecular complexity index is 667. The van der Waals surface area contributed by atoms with E-state index in [1.165, 1.54) is 10.7 Å². The van der Waals surface area contributed by atoms with Crippen LogP contribution in [0.1, 0.15) is 11.1 Å². The zero-order chi connectivity index (χ0) is 13.8. The zero-order valence-electron chi connectivity index (χ0n) is 10.4. The SMILES string of the molecule is COc1ccc(Cn2ncccc2=O)cc1C(N)=S. The molecule has 0 unspecified atom stereocenters. The van der Waals surface area contributed by atoms with Crippen molar-refractivity contribution in [2.45, 2.75) is 6.54 Å². The summed E-state index contributed by atoms with van der Waals surface area (Å²) in [6, 6.07) is 8.50. The topological polar surface area (TPSA) is 70.1 Å². The number of ether oxygens (including phenoxy) is 1. The molecule has 0 fully saturated rings. The van der Waals surface area contributed by atoms with Crippen molar-refractivity contribution in [2.24, 2.45) is 5.73 Å². The Labute approximate surface area is 115 Å². The number of nitrogens with zero attached hydrogens (tertiary/aromatic N) is 2. The maximum absolute atomic E-state index is 11.6. The number of hydrogen-bond acceptors (Lipinski definition) is 4. The number of hydrogen-bond donors (Lipinski definition) is 1. The molecule has 0 saturated heterocycles. The maximum atomic E-state index is 11.6. The summed E-state index contributed by atoms with van der Waals surface area (Å²) in [4.78, 5) is 11.8. The number of aromatic nitrogens is 2. The van der Waals surface area contributed by atoms with E-state index >= 15 is 0 Å². The minimum absolute atomic E-state index is 0.157. The minimum atomic E-state index is -0.157. The number of nitrogens with two attached hydrogens (primary N) is 1. The highest BCUT2D eigenvalue weighted by Crippen LogP contribution is 2.20. The lowest BCUT2D eigenvalue weighted by Gasteiger charge is -2.10. The largest absolute Gasteiger partial charge is 0.496 e. The lowest BCUT2D eigenvalue weighted by atomic mass is 10.1. The maximum Gasteiger partial charge on any atom is 0.267 e. The molecule has 6 heteroatoms. The van der Waals surface area contributed by atoms with Gasteiger partial charge in [0.1, 0.15) is 10.7 Å². The Morgan fingerprint density at radius 3 is 2.89 bits per heavy atom. The Morgan fingerprint density at radius 2 is 2.26 bits per heavy atom. The summed E-state index contributed by atoms with van der Waals surface area (Å²) >= 11 is 4.98. The predicted molar refractivity (Wildman–Crippen MR) is 76.5 cm³/mol. The van der Waals surface area contributed by atoms with Gasteiger partial charge < -0.3 is 10.5 Å². The molecule has 1 aromatic heterocycles. The van der Waals surface area contributed by atoms with Crippen LogP contribution < -0.4 is 16.0 Å². The fraction of sp³-hybridized carbons (Fsp3) is 0.154. The third-order valence-electron chi connectivity index (χ3n) is 2.65. The van der Waals surface area contributed by atoms with Crippen LogP contribution in [0.2, 0.25) is 0 Å². The predicted octanol–water partition coefficient (Wildman–Crippen LogP) is 0.934. The Hall–Kier alpha value is -2.21. The van der Waals surface area contributed by atoms with Crippen molar-refractivity contribution in [1.29, 1.82) is 0 Å². The van der Waals surface area contributed by atoms with Gasteiger partial charge in [-0.2, -0.15) is 5.10 Å². The van der Waals surface area contributed by atoms with Crippen LogP contribution in [-0.4, -0.2) is 21.9 Å². The van der Waals surface area contributed by atoms with Gasteiger partial charge >= 0.3 is 0 Å². The van der Waals surface area contributed by atoms with Crippen molar-refractivity contribution < 1.29 is 4.74 Å². The molecule has 0 bridgehead atoms. The molecule has 0 spiro atoms. The monoisotopic (exact) mass is 275 g/mol. The van der Waals surface area contributed by atoms with Crippen molar-refractivity contribution in [2.75, 3.05) is 7.11 Å². The van der Waals surface area contributed by atoms with E-state index in [1.54, 1.807) is 25.4 Å². The molecule has 0 aliphatic heterocycles. The van der Waals surface area contributed by atoms with Crippen molar-refractivity contribution in [3.05, 3.63) is 58.0 Å². The summed E-state index contributed by atoms with van der Waals surface area (Å²) in [5.41, 5.74) is 7.02. The van der Waals surface area contributed by atoms with Gasteiger partial charge in [-0.3, -0.25) is 4.79 Å². The normalized spacial score (nSPS) is 10.2. The molecule has 2 aromatic rings. The summed E-state index contributed by atoms with van der Waals surface area (Å²) in [6.45, 7) is 0.360. The highest BCUT2D eigenvalue weighted by molar-refractivity contribution is 7.80. The van der Waals surface area contributed by atoms with Crippen LogP contribution in [0.4, 0.5) is 0 Å². The molecule has 2 N–H and O–H groups in total. The van der Waals surface area contributed by atoms with E-state index in [0.29, 0.717) is 17.9 Å². The molecule has 19 heavy (non-hydrogen) atoms. The van der Waals surface area contributed by atoms with Crippen LogP contribution in [0.25, 0.3) is 0 Å². The summed E-state index contributed by atoms with van der Waals surface area (Å²) in [5, 5.41) is 4.00. The van der Waals surface area contributed by atoms with E-state index in [4.69, 9.17) is 22.7 Å². The minimum Gasteiger partial charge on any atom is -0.496 e. The van der Waals surface area contributed by atoms with Gasteiger partial charge in [0.05, 0.1) is 19.2 Å². The third-order valence-corrected chi connectivity index (χ3v) is 2.87. The van der Waals surface area contributed by atoms with Gasteiger partial charge in [-0.1, -0.05) is 18.3 Å². The molecule has 1 aromatic carbocycles. The molecule has 0 radical (unpaired) electrons. The van der Waals surface area contributed by atoms with Gasteiger partial charge in [0.2, 0.25) is 0 Å². The van der Waals surface area contributed by atoms with Crippen molar-refractivity contribution in [3.8, 4) is 5.75 Å². The molecule has 0 aliphatic carbocycles. The van der Waals surface area contributed by atoms with Crippen LogP contribution >= 0.6 is 12.2 Å². The molecule has 98 valence electrons.